The summed E-state index contributed by atoms with van der Waals surface area (Å²) in [4.78, 5) is 4.56. The molecule has 1 aliphatic rings. The Morgan fingerprint density at radius 1 is 1.00 bits per heavy atom. The Labute approximate surface area is 141 Å². The van der Waals surface area contributed by atoms with Crippen molar-refractivity contribution in [3.8, 4) is 5.75 Å². The maximum Gasteiger partial charge on any atom is 0.243 e. The topological polar surface area (TPSA) is 79.2 Å². The van der Waals surface area contributed by atoms with Crippen molar-refractivity contribution in [3.05, 3.63) is 54.1 Å². The van der Waals surface area contributed by atoms with Crippen molar-refractivity contribution in [3.63, 3.8) is 0 Å². The van der Waals surface area contributed by atoms with Gasteiger partial charge in [0.1, 0.15) is 5.75 Å². The first kappa shape index (κ1) is 16.6. The molecule has 0 radical (unpaired) electrons. The van der Waals surface area contributed by atoms with Gasteiger partial charge in [-0.05, 0) is 54.1 Å². The quantitative estimate of drug-likeness (QED) is 0.861. The zero-order valence-electron chi connectivity index (χ0n) is 13.0. The average molecular weight is 346 g/mol. The number of nitrogens with zero attached hydrogens (tertiary/aromatic N) is 2. The highest BCUT2D eigenvalue weighted by molar-refractivity contribution is 7.89. The highest BCUT2D eigenvalue weighted by Crippen LogP contribution is 2.21. The van der Waals surface area contributed by atoms with Crippen LogP contribution in [0.3, 0.4) is 0 Å². The number of ether oxygens (including phenoxy) is 1. The predicted octanol–water partition coefficient (Wildman–Crippen LogP) is 2.16. The second kappa shape index (κ2) is 7.12. The number of morpholine rings is 1. The molecule has 2 aromatic rings. The Kier molecular flexibility index (Phi) is 4.94. The number of hydrogen-bond acceptors (Lipinski definition) is 5. The molecule has 2 aromatic carbocycles. The molecule has 126 valence electrons. The smallest absolute Gasteiger partial charge is 0.243 e. The van der Waals surface area contributed by atoms with Gasteiger partial charge in [-0.3, -0.25) is 4.99 Å². The monoisotopic (exact) mass is 346 g/mol. The summed E-state index contributed by atoms with van der Waals surface area (Å²) in [5.74, 6) is 0.199. The summed E-state index contributed by atoms with van der Waals surface area (Å²) in [6.07, 6.45) is 1.66. The lowest BCUT2D eigenvalue weighted by molar-refractivity contribution is 0.0730. The van der Waals surface area contributed by atoms with Crippen molar-refractivity contribution in [1.29, 1.82) is 0 Å². The molecule has 0 saturated carbocycles. The lowest BCUT2D eigenvalue weighted by Gasteiger charge is -2.26. The average Bonchev–Trinajstić information content (AvgIpc) is 2.62. The number of aliphatic imine (C=N–C) groups is 1. The van der Waals surface area contributed by atoms with E-state index in [0.717, 1.165) is 5.56 Å². The van der Waals surface area contributed by atoms with Crippen molar-refractivity contribution in [2.24, 2.45) is 4.99 Å². The number of sulfonamides is 1. The Morgan fingerprint density at radius 2 is 1.62 bits per heavy atom. The van der Waals surface area contributed by atoms with E-state index in [1.807, 2.05) is 0 Å². The van der Waals surface area contributed by atoms with Crippen LogP contribution in [0.2, 0.25) is 0 Å². The van der Waals surface area contributed by atoms with Gasteiger partial charge in [0.25, 0.3) is 0 Å². The fourth-order valence-corrected chi connectivity index (χ4v) is 3.76. The predicted molar refractivity (Wildman–Crippen MR) is 91.4 cm³/mol. The molecule has 1 saturated heterocycles. The summed E-state index contributed by atoms with van der Waals surface area (Å²) >= 11 is 0. The molecular weight excluding hydrogens is 328 g/mol. The Morgan fingerprint density at radius 3 is 2.25 bits per heavy atom. The van der Waals surface area contributed by atoms with E-state index in [4.69, 9.17) is 4.74 Å². The van der Waals surface area contributed by atoms with Crippen LogP contribution in [0, 0.1) is 0 Å². The molecule has 0 amide bonds. The zero-order valence-corrected chi connectivity index (χ0v) is 13.8. The van der Waals surface area contributed by atoms with Crippen LogP contribution in [-0.4, -0.2) is 50.3 Å². The summed E-state index contributed by atoms with van der Waals surface area (Å²) in [6.45, 7) is 1.61. The maximum atomic E-state index is 12.5. The minimum Gasteiger partial charge on any atom is -0.508 e. The summed E-state index contributed by atoms with van der Waals surface area (Å²) in [6, 6.07) is 13.1. The zero-order chi connectivity index (χ0) is 17.0. The molecular formula is C17H18N2O4S. The van der Waals surface area contributed by atoms with E-state index in [9.17, 15) is 13.5 Å². The molecule has 1 fully saturated rings. The van der Waals surface area contributed by atoms with Gasteiger partial charge < -0.3 is 9.84 Å². The highest BCUT2D eigenvalue weighted by atomic mass is 32.2. The standard InChI is InChI=1S/C17H18N2O4S/c20-16-5-1-14(2-6-16)13-18-15-3-7-17(8-4-15)24(21,22)19-9-11-23-12-10-19/h1-8,13,20H,9-12H2. The summed E-state index contributed by atoms with van der Waals surface area (Å²) in [5, 5.41) is 9.24. The molecule has 0 aliphatic carbocycles. The summed E-state index contributed by atoms with van der Waals surface area (Å²) in [5.41, 5.74) is 1.50. The third kappa shape index (κ3) is 3.81. The van der Waals surface area contributed by atoms with Crippen LogP contribution >= 0.6 is 0 Å². The van der Waals surface area contributed by atoms with Gasteiger partial charge >= 0.3 is 0 Å². The first-order chi connectivity index (χ1) is 11.6. The molecule has 7 heteroatoms. The van der Waals surface area contributed by atoms with Crippen molar-refractivity contribution in [2.75, 3.05) is 26.3 Å². The largest absolute Gasteiger partial charge is 0.508 e. The first-order valence-corrected chi connectivity index (χ1v) is 9.01. The van der Waals surface area contributed by atoms with Gasteiger partial charge in [0, 0.05) is 19.3 Å². The van der Waals surface area contributed by atoms with Gasteiger partial charge in [0.15, 0.2) is 0 Å². The van der Waals surface area contributed by atoms with Crippen LogP contribution in [-0.2, 0) is 14.8 Å². The van der Waals surface area contributed by atoms with E-state index in [0.29, 0.717) is 32.0 Å². The van der Waals surface area contributed by atoms with Crippen LogP contribution in [0.25, 0.3) is 0 Å². The van der Waals surface area contributed by atoms with E-state index in [-0.39, 0.29) is 10.6 Å². The Bertz CT molecular complexity index is 809. The second-order valence-electron chi connectivity index (χ2n) is 5.36. The molecule has 1 heterocycles. The molecule has 0 unspecified atom stereocenters. The number of benzene rings is 2. The van der Waals surface area contributed by atoms with E-state index in [2.05, 4.69) is 4.99 Å². The molecule has 0 atom stereocenters. The van der Waals surface area contributed by atoms with E-state index in [1.165, 1.54) is 4.31 Å². The van der Waals surface area contributed by atoms with Gasteiger partial charge in [0.05, 0.1) is 23.8 Å². The number of phenols is 1. The highest BCUT2D eigenvalue weighted by Gasteiger charge is 2.25. The normalized spacial score (nSPS) is 16.5. The van der Waals surface area contributed by atoms with Crippen molar-refractivity contribution < 1.29 is 18.3 Å². The van der Waals surface area contributed by atoms with Gasteiger partial charge in [0.2, 0.25) is 10.0 Å². The molecule has 24 heavy (non-hydrogen) atoms. The molecule has 0 aromatic heterocycles. The van der Waals surface area contributed by atoms with Crippen molar-refractivity contribution in [2.45, 2.75) is 4.90 Å². The van der Waals surface area contributed by atoms with Crippen LogP contribution in [0.15, 0.2) is 58.4 Å². The first-order valence-electron chi connectivity index (χ1n) is 7.57. The van der Waals surface area contributed by atoms with Crippen LogP contribution < -0.4 is 0 Å². The van der Waals surface area contributed by atoms with Crippen LogP contribution in [0.4, 0.5) is 5.69 Å². The molecule has 1 N–H and O–H groups in total. The molecule has 6 nitrogen and oxygen atoms in total. The molecule has 3 rings (SSSR count). The van der Waals surface area contributed by atoms with Crippen LogP contribution in [0.5, 0.6) is 5.75 Å². The number of phenolic OH excluding ortho intramolecular Hbond substituents is 1. The fourth-order valence-electron chi connectivity index (χ4n) is 2.35. The molecule has 1 aliphatic heterocycles. The lowest BCUT2D eigenvalue weighted by atomic mass is 10.2. The Hall–Kier alpha value is -2.22. The van der Waals surface area contributed by atoms with Gasteiger partial charge in [-0.2, -0.15) is 4.31 Å². The second-order valence-corrected chi connectivity index (χ2v) is 7.30. The van der Waals surface area contributed by atoms with Crippen molar-refractivity contribution in [1.82, 2.24) is 4.31 Å². The van der Waals surface area contributed by atoms with Crippen LogP contribution in [0.1, 0.15) is 5.56 Å². The summed E-state index contributed by atoms with van der Waals surface area (Å²) in [7, 11) is -3.48. The molecule has 0 spiro atoms. The Balaban J connectivity index is 1.74. The minimum absolute atomic E-state index is 0.199. The fraction of sp³-hybridized carbons (Fsp3) is 0.235. The van der Waals surface area contributed by atoms with Crippen molar-refractivity contribution >= 4 is 21.9 Å². The van der Waals surface area contributed by atoms with E-state index >= 15 is 0 Å². The minimum atomic E-state index is -3.48. The van der Waals surface area contributed by atoms with Gasteiger partial charge in [-0.15, -0.1) is 0 Å². The number of hydrogen-bond donors (Lipinski definition) is 1. The summed E-state index contributed by atoms with van der Waals surface area (Å²) < 4.78 is 31.7. The van der Waals surface area contributed by atoms with E-state index in [1.54, 1.807) is 54.7 Å². The number of aromatic hydroxyl groups is 1. The lowest BCUT2D eigenvalue weighted by Crippen LogP contribution is -2.40. The van der Waals surface area contributed by atoms with Gasteiger partial charge in [-0.25, -0.2) is 8.42 Å². The SMILES string of the molecule is O=S(=O)(c1ccc(N=Cc2ccc(O)cc2)cc1)N1CCOCC1. The third-order valence-electron chi connectivity index (χ3n) is 3.70. The number of rotatable bonds is 4. The maximum absolute atomic E-state index is 12.5. The van der Waals surface area contributed by atoms with Gasteiger partial charge in [-0.1, -0.05) is 0 Å². The van der Waals surface area contributed by atoms with E-state index < -0.39 is 10.0 Å². The molecule has 0 bridgehead atoms. The third-order valence-corrected chi connectivity index (χ3v) is 5.61.